The first-order chi connectivity index (χ1) is 13.2. The van der Waals surface area contributed by atoms with Gasteiger partial charge >= 0.3 is 0 Å². The molecule has 140 valence electrons. The van der Waals surface area contributed by atoms with Gasteiger partial charge in [-0.3, -0.25) is 4.79 Å². The van der Waals surface area contributed by atoms with Crippen LogP contribution in [0.5, 0.6) is 0 Å². The Balaban J connectivity index is 1.70. The molecule has 1 amide bonds. The van der Waals surface area contributed by atoms with Crippen molar-refractivity contribution in [2.45, 2.75) is 19.8 Å². The Morgan fingerprint density at radius 2 is 1.93 bits per heavy atom. The summed E-state index contributed by atoms with van der Waals surface area (Å²) < 4.78 is 7.51. The Bertz CT molecular complexity index is 921. The molecule has 0 aliphatic carbocycles. The quantitative estimate of drug-likeness (QED) is 0.771. The maximum atomic E-state index is 13.2. The normalized spacial score (nSPS) is 15.3. The first-order valence-electron chi connectivity index (χ1n) is 9.37. The van der Waals surface area contributed by atoms with Crippen molar-refractivity contribution in [3.8, 4) is 17.1 Å². The average Bonchev–Trinajstić information content (AvgIpc) is 3.34. The van der Waals surface area contributed by atoms with Gasteiger partial charge in [-0.2, -0.15) is 5.10 Å². The highest BCUT2D eigenvalue weighted by atomic mass is 16.3. The molecule has 3 heterocycles. The summed E-state index contributed by atoms with van der Waals surface area (Å²) in [5.74, 6) is 1.91. The van der Waals surface area contributed by atoms with Gasteiger partial charge in [-0.1, -0.05) is 18.2 Å². The Morgan fingerprint density at radius 3 is 2.56 bits per heavy atom. The molecule has 1 aromatic carbocycles. The SMILES string of the molecule is Cc1ccc(-c2nn(-c3ccccc3)cc2C(=O)N2CCC(CN)CC2)o1. The summed E-state index contributed by atoms with van der Waals surface area (Å²) in [6.07, 6.45) is 3.70. The number of carbonyl (C=O) groups excluding carboxylic acids is 1. The van der Waals surface area contributed by atoms with E-state index >= 15 is 0 Å². The summed E-state index contributed by atoms with van der Waals surface area (Å²) in [5.41, 5.74) is 7.83. The number of aryl methyl sites for hydroxylation is 1. The molecular weight excluding hydrogens is 340 g/mol. The minimum absolute atomic E-state index is 0.00305. The van der Waals surface area contributed by atoms with Crippen LogP contribution >= 0.6 is 0 Å². The zero-order valence-electron chi connectivity index (χ0n) is 15.5. The zero-order chi connectivity index (χ0) is 18.8. The van der Waals surface area contributed by atoms with E-state index in [1.165, 1.54) is 0 Å². The van der Waals surface area contributed by atoms with Crippen molar-refractivity contribution in [3.05, 3.63) is 60.0 Å². The molecule has 3 aromatic rings. The number of aromatic nitrogens is 2. The van der Waals surface area contributed by atoms with Gasteiger partial charge in [0.1, 0.15) is 11.5 Å². The minimum Gasteiger partial charge on any atom is -0.460 e. The number of nitrogens with two attached hydrogens (primary N) is 1. The van der Waals surface area contributed by atoms with Gasteiger partial charge in [-0.05, 0) is 56.5 Å². The second-order valence-corrected chi connectivity index (χ2v) is 7.05. The molecule has 0 atom stereocenters. The van der Waals surface area contributed by atoms with E-state index in [1.807, 2.05) is 54.3 Å². The molecule has 0 unspecified atom stereocenters. The van der Waals surface area contributed by atoms with Crippen LogP contribution in [-0.2, 0) is 0 Å². The molecule has 1 fully saturated rings. The molecule has 0 saturated carbocycles. The van der Waals surface area contributed by atoms with Crippen LogP contribution < -0.4 is 5.73 Å². The summed E-state index contributed by atoms with van der Waals surface area (Å²) in [7, 11) is 0. The monoisotopic (exact) mass is 364 g/mol. The maximum Gasteiger partial charge on any atom is 0.257 e. The lowest BCUT2D eigenvalue weighted by atomic mass is 9.96. The lowest BCUT2D eigenvalue weighted by molar-refractivity contribution is 0.0694. The lowest BCUT2D eigenvalue weighted by Gasteiger charge is -2.31. The highest BCUT2D eigenvalue weighted by molar-refractivity contribution is 5.99. The van der Waals surface area contributed by atoms with Gasteiger partial charge in [-0.25, -0.2) is 4.68 Å². The van der Waals surface area contributed by atoms with Crippen molar-refractivity contribution < 1.29 is 9.21 Å². The van der Waals surface area contributed by atoms with Crippen LogP contribution in [0, 0.1) is 12.8 Å². The fraction of sp³-hybridized carbons (Fsp3) is 0.333. The average molecular weight is 364 g/mol. The standard InChI is InChI=1S/C21H24N4O2/c1-15-7-8-19(27-15)20-18(14-25(23-20)17-5-3-2-4-6-17)21(26)24-11-9-16(13-22)10-12-24/h2-8,14,16H,9-13,22H2,1H3. The summed E-state index contributed by atoms with van der Waals surface area (Å²) >= 11 is 0. The van der Waals surface area contributed by atoms with E-state index in [9.17, 15) is 4.79 Å². The number of carbonyl (C=O) groups is 1. The third-order valence-electron chi connectivity index (χ3n) is 5.17. The fourth-order valence-electron chi connectivity index (χ4n) is 3.53. The lowest BCUT2D eigenvalue weighted by Crippen LogP contribution is -2.40. The number of benzene rings is 1. The van der Waals surface area contributed by atoms with E-state index in [0.717, 1.165) is 37.4 Å². The number of amides is 1. The molecule has 0 bridgehead atoms. The number of para-hydroxylation sites is 1. The molecule has 2 aromatic heterocycles. The number of hydrogen-bond donors (Lipinski definition) is 1. The first-order valence-corrected chi connectivity index (χ1v) is 9.37. The summed E-state index contributed by atoms with van der Waals surface area (Å²) in [5, 5.41) is 4.67. The molecule has 1 aliphatic heterocycles. The molecule has 1 saturated heterocycles. The Kier molecular flexibility index (Phi) is 4.81. The van der Waals surface area contributed by atoms with Crippen molar-refractivity contribution in [2.24, 2.45) is 11.7 Å². The largest absolute Gasteiger partial charge is 0.460 e. The van der Waals surface area contributed by atoms with Crippen LogP contribution in [0.15, 0.2) is 53.1 Å². The minimum atomic E-state index is -0.00305. The fourth-order valence-corrected chi connectivity index (χ4v) is 3.53. The molecule has 6 nitrogen and oxygen atoms in total. The number of furan rings is 1. The second kappa shape index (κ2) is 7.40. The number of piperidine rings is 1. The Labute approximate surface area is 158 Å². The first kappa shape index (κ1) is 17.5. The molecule has 27 heavy (non-hydrogen) atoms. The van der Waals surface area contributed by atoms with Gasteiger partial charge in [0.25, 0.3) is 5.91 Å². The molecule has 1 aliphatic rings. The van der Waals surface area contributed by atoms with Crippen molar-refractivity contribution >= 4 is 5.91 Å². The second-order valence-electron chi connectivity index (χ2n) is 7.05. The van der Waals surface area contributed by atoms with E-state index in [4.69, 9.17) is 10.2 Å². The summed E-state index contributed by atoms with van der Waals surface area (Å²) in [4.78, 5) is 15.1. The Morgan fingerprint density at radius 1 is 1.19 bits per heavy atom. The van der Waals surface area contributed by atoms with Crippen LogP contribution in [0.25, 0.3) is 17.1 Å². The van der Waals surface area contributed by atoms with E-state index in [1.54, 1.807) is 10.9 Å². The van der Waals surface area contributed by atoms with Crippen LogP contribution in [0.3, 0.4) is 0 Å². The smallest absolute Gasteiger partial charge is 0.257 e. The van der Waals surface area contributed by atoms with E-state index in [-0.39, 0.29) is 5.91 Å². The molecule has 2 N–H and O–H groups in total. The van der Waals surface area contributed by atoms with Gasteiger partial charge in [0.15, 0.2) is 5.76 Å². The van der Waals surface area contributed by atoms with Crippen molar-refractivity contribution in [2.75, 3.05) is 19.6 Å². The van der Waals surface area contributed by atoms with Crippen LogP contribution in [0.1, 0.15) is 29.0 Å². The third-order valence-corrected chi connectivity index (χ3v) is 5.17. The van der Waals surface area contributed by atoms with Crippen molar-refractivity contribution in [1.82, 2.24) is 14.7 Å². The van der Waals surface area contributed by atoms with Gasteiger partial charge in [0.2, 0.25) is 0 Å². The molecule has 6 heteroatoms. The summed E-state index contributed by atoms with van der Waals surface area (Å²) in [6, 6.07) is 13.5. The van der Waals surface area contributed by atoms with Crippen LogP contribution in [0.4, 0.5) is 0 Å². The number of hydrogen-bond acceptors (Lipinski definition) is 4. The highest BCUT2D eigenvalue weighted by Gasteiger charge is 2.28. The zero-order valence-corrected chi connectivity index (χ0v) is 15.5. The Hall–Kier alpha value is -2.86. The molecular formula is C21H24N4O2. The molecule has 0 spiro atoms. The van der Waals surface area contributed by atoms with Crippen LogP contribution in [0.2, 0.25) is 0 Å². The van der Waals surface area contributed by atoms with Gasteiger partial charge in [0, 0.05) is 19.3 Å². The summed E-state index contributed by atoms with van der Waals surface area (Å²) in [6.45, 7) is 4.03. The van der Waals surface area contributed by atoms with E-state index < -0.39 is 0 Å². The van der Waals surface area contributed by atoms with Crippen molar-refractivity contribution in [3.63, 3.8) is 0 Å². The molecule has 0 radical (unpaired) electrons. The van der Waals surface area contributed by atoms with Crippen molar-refractivity contribution in [1.29, 1.82) is 0 Å². The van der Waals surface area contributed by atoms with Crippen LogP contribution in [-0.4, -0.2) is 40.2 Å². The van der Waals surface area contributed by atoms with Gasteiger partial charge in [0.05, 0.1) is 11.3 Å². The number of nitrogens with zero attached hydrogens (tertiary/aromatic N) is 3. The number of likely N-dealkylation sites (tertiary alicyclic amines) is 1. The van der Waals surface area contributed by atoms with E-state index in [2.05, 4.69) is 5.10 Å². The highest BCUT2D eigenvalue weighted by Crippen LogP contribution is 2.28. The predicted octanol–water partition coefficient (Wildman–Crippen LogP) is 3.25. The van der Waals surface area contributed by atoms with Gasteiger partial charge in [-0.15, -0.1) is 0 Å². The maximum absolute atomic E-state index is 13.2. The third kappa shape index (κ3) is 3.53. The molecule has 4 rings (SSSR count). The number of rotatable bonds is 4. The predicted molar refractivity (Wildman–Crippen MR) is 104 cm³/mol. The van der Waals surface area contributed by atoms with E-state index in [0.29, 0.717) is 29.5 Å². The van der Waals surface area contributed by atoms with Gasteiger partial charge < -0.3 is 15.1 Å². The topological polar surface area (TPSA) is 77.3 Å².